The molecule has 1 unspecified atom stereocenters. The van der Waals surface area contributed by atoms with Crippen molar-refractivity contribution in [2.24, 2.45) is 9.98 Å². The number of fused-ring (bicyclic) bond motifs is 4. The van der Waals surface area contributed by atoms with Crippen molar-refractivity contribution in [3.63, 3.8) is 0 Å². The number of carbonyl (C=O) groups is 3. The maximum atomic E-state index is 14.3. The summed E-state index contributed by atoms with van der Waals surface area (Å²) in [4.78, 5) is 57.4. The minimum atomic E-state index is -2.39. The van der Waals surface area contributed by atoms with Gasteiger partial charge in [-0.3, -0.25) is 28.6 Å². The summed E-state index contributed by atoms with van der Waals surface area (Å²) < 4.78 is 64.9. The average Bonchev–Trinajstić information content (AvgIpc) is 4.10. The van der Waals surface area contributed by atoms with Gasteiger partial charge in [0, 0.05) is 81.3 Å². The van der Waals surface area contributed by atoms with E-state index in [9.17, 15) is 18.6 Å². The van der Waals surface area contributed by atoms with Gasteiger partial charge in [0.05, 0.1) is 96.1 Å². The normalized spacial score (nSPS) is 16.4. The van der Waals surface area contributed by atoms with Crippen molar-refractivity contribution in [1.29, 1.82) is 0 Å². The van der Waals surface area contributed by atoms with Crippen LogP contribution in [-0.2, 0) is 42.2 Å². The molecule has 2 atom stereocenters. The van der Waals surface area contributed by atoms with Crippen molar-refractivity contribution in [2.45, 2.75) is 51.0 Å². The highest BCUT2D eigenvalue weighted by molar-refractivity contribution is 8.01. The number of nitrogens with zero attached hydrogens (tertiary/aromatic N) is 5. The van der Waals surface area contributed by atoms with Gasteiger partial charge < -0.3 is 57.3 Å². The van der Waals surface area contributed by atoms with E-state index in [1.165, 1.54) is 14.2 Å². The van der Waals surface area contributed by atoms with E-state index in [2.05, 4.69) is 0 Å². The van der Waals surface area contributed by atoms with Gasteiger partial charge in [-0.15, -0.1) is 9.93 Å². The highest BCUT2D eigenvalue weighted by atomic mass is 32.2. The molecule has 0 saturated heterocycles. The van der Waals surface area contributed by atoms with Gasteiger partial charge in [-0.2, -0.15) is 0 Å². The third-order valence-electron chi connectivity index (χ3n) is 14.1. The number of hydrogen-bond donors (Lipinski definition) is 1. The van der Waals surface area contributed by atoms with Crippen LogP contribution in [0.3, 0.4) is 0 Å². The molecule has 0 spiro atoms. The van der Waals surface area contributed by atoms with E-state index < -0.39 is 9.93 Å². The maximum Gasteiger partial charge on any atom is 0.260 e. The summed E-state index contributed by atoms with van der Waals surface area (Å²) in [6, 6.07) is 27.3. The summed E-state index contributed by atoms with van der Waals surface area (Å²) >= 11 is 0. The molecule has 0 N–H and O–H groups in total. The summed E-state index contributed by atoms with van der Waals surface area (Å²) in [5, 5.41) is 0. The standard InChI is InChI=1S/C61H69N5O13S/c1-71-20-21-77-23-22-76-19-18-64(59(67)9-8-24-80(6,7)70)46-26-40(38-78-57-32-53-51(30-55(57)74-4)60(68)65-36-44(28-47(65)34-62-53)42-10-14-49(72-2)15-11-42)25-41(27-46)39-79-58-33-54-52(31-56(58)75-5)61(69)66-37-45(29-48(66)35-63-54)43-12-16-50(73-3)17-13-43/h10-17,25-27,30-37,47-48,80H,8-9,18-24,28-29,38-39H2,1-7H3/t47-,48?/m0/s1. The molecule has 0 saturated carbocycles. The lowest BCUT2D eigenvalue weighted by Crippen LogP contribution is -2.35. The molecule has 4 aliphatic heterocycles. The second kappa shape index (κ2) is 26.0. The highest BCUT2D eigenvalue weighted by Gasteiger charge is 2.35. The van der Waals surface area contributed by atoms with Gasteiger partial charge in [0.15, 0.2) is 23.0 Å². The number of methoxy groups -OCH3 is 5. The molecule has 5 aromatic carbocycles. The third kappa shape index (κ3) is 13.6. The second-order valence-corrected chi connectivity index (χ2v) is 23.7. The van der Waals surface area contributed by atoms with Crippen LogP contribution in [0, 0.1) is 0 Å². The van der Waals surface area contributed by atoms with Crippen LogP contribution < -0.4 is 33.3 Å². The van der Waals surface area contributed by atoms with E-state index in [0.29, 0.717) is 114 Å². The largest absolute Gasteiger partial charge is 0.497 e. The first-order valence-electron chi connectivity index (χ1n) is 26.5. The molecule has 0 bridgehead atoms. The Morgan fingerprint density at radius 3 is 1.52 bits per heavy atom. The number of benzene rings is 5. The van der Waals surface area contributed by atoms with Gasteiger partial charge in [-0.05, 0) is 107 Å². The van der Waals surface area contributed by atoms with Gasteiger partial charge in [0.1, 0.15) is 24.7 Å². The quantitative estimate of drug-likeness (QED) is 0.0409. The third-order valence-corrected chi connectivity index (χ3v) is 15.5. The number of ether oxygens (including phenoxy) is 9. The predicted octanol–water partition coefficient (Wildman–Crippen LogP) is 8.89. The highest BCUT2D eigenvalue weighted by Crippen LogP contribution is 2.43. The summed E-state index contributed by atoms with van der Waals surface area (Å²) in [6.45, 7) is 1.99. The second-order valence-electron chi connectivity index (χ2n) is 20.1. The smallest absolute Gasteiger partial charge is 0.260 e. The first-order chi connectivity index (χ1) is 38.8. The first kappa shape index (κ1) is 56.9. The summed E-state index contributed by atoms with van der Waals surface area (Å²) in [5.74, 6) is 2.67. The molecule has 0 fully saturated rings. The van der Waals surface area contributed by atoms with E-state index in [1.807, 2.05) is 79.1 Å². The molecule has 0 radical (unpaired) electrons. The van der Waals surface area contributed by atoms with Crippen molar-refractivity contribution in [3.05, 3.63) is 137 Å². The number of anilines is 1. The number of rotatable bonds is 26. The number of hydrogen-bond acceptors (Lipinski definition) is 15. The van der Waals surface area contributed by atoms with Crippen LogP contribution >= 0.6 is 0 Å². The Bertz CT molecular complexity index is 3060. The molecule has 0 aliphatic carbocycles. The number of aliphatic imine (C=N–C) groups is 2. The van der Waals surface area contributed by atoms with Crippen LogP contribution in [0.2, 0.25) is 0 Å². The molecule has 5 aromatic rings. The van der Waals surface area contributed by atoms with E-state index >= 15 is 0 Å². The van der Waals surface area contributed by atoms with Gasteiger partial charge >= 0.3 is 0 Å². The molecule has 9 rings (SSSR count). The van der Waals surface area contributed by atoms with E-state index in [-0.39, 0.29) is 62.6 Å². The van der Waals surface area contributed by atoms with Crippen molar-refractivity contribution in [2.75, 3.05) is 98.3 Å². The minimum Gasteiger partial charge on any atom is -0.497 e. The number of amides is 3. The molecular weight excluding hydrogens is 1040 g/mol. The fourth-order valence-electron chi connectivity index (χ4n) is 9.90. The van der Waals surface area contributed by atoms with E-state index in [1.54, 1.807) is 85.2 Å². The molecule has 18 nitrogen and oxygen atoms in total. The van der Waals surface area contributed by atoms with Crippen molar-refractivity contribution in [1.82, 2.24) is 9.80 Å². The predicted molar refractivity (Wildman–Crippen MR) is 310 cm³/mol. The topological polar surface area (TPSA) is 186 Å². The van der Waals surface area contributed by atoms with Crippen LogP contribution in [0.15, 0.2) is 113 Å². The van der Waals surface area contributed by atoms with Gasteiger partial charge in [-0.1, -0.05) is 24.3 Å². The van der Waals surface area contributed by atoms with Crippen LogP contribution in [-0.4, -0.2) is 150 Å². The molecule has 0 aromatic heterocycles. The van der Waals surface area contributed by atoms with E-state index in [4.69, 9.17) is 52.6 Å². The lowest BCUT2D eigenvalue weighted by atomic mass is 10.0. The SMILES string of the molecule is COCCOCCOCCN(C(=O)CCC[SH](C)(C)=O)c1cc(COc2cc3c(cc2OC)C(=O)N2C=C(c4ccc(OC)cc4)CC2C=N3)cc(COc2cc3c(cc2OC)C(=O)N2C=C(c4ccc(OC)cc4)C[C@H]2C=N3)c1. The Morgan fingerprint density at radius 1 is 0.600 bits per heavy atom. The first-order valence-corrected chi connectivity index (χ1v) is 29.3. The fraction of sp³-hybridized carbons (Fsp3) is 0.361. The molecule has 19 heteroatoms. The summed E-state index contributed by atoms with van der Waals surface area (Å²) in [7, 11) is 5.50. The molecule has 4 aliphatic rings. The van der Waals surface area contributed by atoms with Gasteiger partial charge in [0.2, 0.25) is 5.91 Å². The fourth-order valence-corrected chi connectivity index (χ4v) is 10.8. The Balaban J connectivity index is 0.988. The number of carbonyl (C=O) groups excluding carboxylic acids is 3. The maximum absolute atomic E-state index is 14.3. The summed E-state index contributed by atoms with van der Waals surface area (Å²) in [6.07, 6.45) is 12.5. The Morgan fingerprint density at radius 2 is 1.07 bits per heavy atom. The Labute approximate surface area is 467 Å². The van der Waals surface area contributed by atoms with Gasteiger partial charge in [0.25, 0.3) is 11.8 Å². The van der Waals surface area contributed by atoms with Crippen molar-refractivity contribution >= 4 is 68.3 Å². The monoisotopic (exact) mass is 1110 g/mol. The lowest BCUT2D eigenvalue weighted by molar-refractivity contribution is -0.118. The Hall–Kier alpha value is -7.84. The molecule has 422 valence electrons. The van der Waals surface area contributed by atoms with Crippen LogP contribution in [0.4, 0.5) is 17.1 Å². The number of thiol groups is 1. The van der Waals surface area contributed by atoms with Crippen LogP contribution in [0.1, 0.15) is 68.7 Å². The molecule has 4 heterocycles. The van der Waals surface area contributed by atoms with Crippen LogP contribution in [0.5, 0.6) is 34.5 Å². The zero-order valence-electron chi connectivity index (χ0n) is 46.3. The average molecular weight is 1110 g/mol. The van der Waals surface area contributed by atoms with Crippen molar-refractivity contribution in [3.8, 4) is 34.5 Å². The Kier molecular flexibility index (Phi) is 18.5. The van der Waals surface area contributed by atoms with Crippen molar-refractivity contribution < 1.29 is 61.2 Å². The summed E-state index contributed by atoms with van der Waals surface area (Å²) in [5.41, 5.74) is 7.50. The zero-order valence-corrected chi connectivity index (χ0v) is 47.2. The lowest BCUT2D eigenvalue weighted by Gasteiger charge is -2.25. The minimum absolute atomic E-state index is 0.00777. The van der Waals surface area contributed by atoms with E-state index in [0.717, 1.165) is 33.8 Å². The van der Waals surface area contributed by atoms with Crippen LogP contribution in [0.25, 0.3) is 11.1 Å². The van der Waals surface area contributed by atoms with Gasteiger partial charge in [-0.25, -0.2) is 0 Å². The molecule has 80 heavy (non-hydrogen) atoms. The molecular formula is C61H69N5O13S. The zero-order chi connectivity index (χ0) is 56.3. The molecule has 3 amide bonds.